The van der Waals surface area contributed by atoms with E-state index in [0.717, 1.165) is 19.6 Å². The Balaban J connectivity index is 2.11. The minimum absolute atomic E-state index is 0.00253. The van der Waals surface area contributed by atoms with Gasteiger partial charge in [-0.1, -0.05) is 31.2 Å². The summed E-state index contributed by atoms with van der Waals surface area (Å²) in [6, 6.07) is 9.10. The van der Waals surface area contributed by atoms with Gasteiger partial charge in [-0.3, -0.25) is 0 Å². The summed E-state index contributed by atoms with van der Waals surface area (Å²) in [4.78, 5) is 0. The van der Waals surface area contributed by atoms with Crippen LogP contribution in [-0.2, 0) is 11.2 Å². The van der Waals surface area contributed by atoms with Gasteiger partial charge < -0.3 is 10.1 Å². The molecule has 0 aliphatic carbocycles. The van der Waals surface area contributed by atoms with Gasteiger partial charge in [0, 0.05) is 12.6 Å². The van der Waals surface area contributed by atoms with Crippen molar-refractivity contribution in [3.8, 4) is 0 Å². The third-order valence-corrected chi connectivity index (χ3v) is 4.31. The predicted molar refractivity (Wildman–Crippen MR) is 80.6 cm³/mol. The van der Waals surface area contributed by atoms with Crippen molar-refractivity contribution in [3.63, 3.8) is 0 Å². The Morgan fingerprint density at radius 1 is 1.37 bits per heavy atom. The second-order valence-electron chi connectivity index (χ2n) is 5.90. The first kappa shape index (κ1) is 14.5. The Morgan fingerprint density at radius 3 is 2.79 bits per heavy atom. The number of benzene rings is 1. The first-order chi connectivity index (χ1) is 9.15. The zero-order valence-electron chi connectivity index (χ0n) is 12.5. The van der Waals surface area contributed by atoms with Crippen molar-refractivity contribution < 1.29 is 4.74 Å². The van der Waals surface area contributed by atoms with Gasteiger partial charge in [0.05, 0.1) is 5.60 Å². The minimum Gasteiger partial charge on any atom is -0.374 e. The quantitative estimate of drug-likeness (QED) is 0.846. The van der Waals surface area contributed by atoms with E-state index in [2.05, 4.69) is 50.4 Å². The summed E-state index contributed by atoms with van der Waals surface area (Å²) in [6.45, 7) is 8.66. The van der Waals surface area contributed by atoms with Crippen LogP contribution in [0.25, 0.3) is 0 Å². The van der Waals surface area contributed by atoms with Crippen LogP contribution in [0.4, 0.5) is 0 Å². The van der Waals surface area contributed by atoms with Crippen molar-refractivity contribution in [2.45, 2.75) is 58.1 Å². The smallest absolute Gasteiger partial charge is 0.0810 e. The van der Waals surface area contributed by atoms with Gasteiger partial charge in [-0.2, -0.15) is 0 Å². The van der Waals surface area contributed by atoms with Crippen LogP contribution in [0.1, 0.15) is 44.2 Å². The Hall–Kier alpha value is -0.860. The Kier molecular flexibility index (Phi) is 5.00. The van der Waals surface area contributed by atoms with Gasteiger partial charge in [-0.15, -0.1) is 0 Å². The maximum Gasteiger partial charge on any atom is 0.0810 e. The largest absolute Gasteiger partial charge is 0.374 e. The van der Waals surface area contributed by atoms with E-state index < -0.39 is 0 Å². The van der Waals surface area contributed by atoms with Crippen molar-refractivity contribution >= 4 is 0 Å². The standard InChI is InChI=1S/C17H27NO/c1-4-11-18-16(17(3)10-7-12-19-17)13-15-9-6-5-8-14(15)2/h5-6,8-9,16,18H,4,7,10-13H2,1-3H3. The van der Waals surface area contributed by atoms with E-state index >= 15 is 0 Å². The second kappa shape index (κ2) is 6.53. The van der Waals surface area contributed by atoms with E-state index in [1.165, 1.54) is 30.4 Å². The molecular weight excluding hydrogens is 234 g/mol. The third-order valence-electron chi connectivity index (χ3n) is 4.31. The zero-order valence-corrected chi connectivity index (χ0v) is 12.5. The highest BCUT2D eigenvalue weighted by atomic mass is 16.5. The number of hydrogen-bond acceptors (Lipinski definition) is 2. The first-order valence-electron chi connectivity index (χ1n) is 7.57. The molecule has 0 amide bonds. The summed E-state index contributed by atoms with van der Waals surface area (Å²) >= 11 is 0. The second-order valence-corrected chi connectivity index (χ2v) is 5.90. The maximum atomic E-state index is 6.05. The zero-order chi connectivity index (χ0) is 13.7. The molecule has 2 unspecified atom stereocenters. The molecule has 0 saturated carbocycles. The molecule has 1 aromatic carbocycles. The number of rotatable bonds is 6. The van der Waals surface area contributed by atoms with Crippen LogP contribution in [0.3, 0.4) is 0 Å². The number of ether oxygens (including phenoxy) is 1. The summed E-state index contributed by atoms with van der Waals surface area (Å²) < 4.78 is 6.05. The van der Waals surface area contributed by atoms with Crippen molar-refractivity contribution in [2.24, 2.45) is 0 Å². The molecule has 2 nitrogen and oxygen atoms in total. The number of aryl methyl sites for hydroxylation is 1. The lowest BCUT2D eigenvalue weighted by Gasteiger charge is -2.34. The van der Waals surface area contributed by atoms with E-state index in [-0.39, 0.29) is 5.60 Å². The normalized spacial score (nSPS) is 24.6. The highest BCUT2D eigenvalue weighted by molar-refractivity contribution is 5.27. The highest BCUT2D eigenvalue weighted by Crippen LogP contribution is 2.30. The molecule has 2 heteroatoms. The Morgan fingerprint density at radius 2 is 2.16 bits per heavy atom. The fraction of sp³-hybridized carbons (Fsp3) is 0.647. The minimum atomic E-state index is -0.00253. The lowest BCUT2D eigenvalue weighted by atomic mass is 9.87. The molecule has 0 radical (unpaired) electrons. The van der Waals surface area contributed by atoms with E-state index in [0.29, 0.717) is 6.04 Å². The lowest BCUT2D eigenvalue weighted by Crippen LogP contribution is -2.50. The van der Waals surface area contributed by atoms with Crippen LogP contribution < -0.4 is 5.32 Å². The van der Waals surface area contributed by atoms with Crippen LogP contribution in [0.5, 0.6) is 0 Å². The summed E-state index contributed by atoms with van der Waals surface area (Å²) in [5, 5.41) is 3.70. The fourth-order valence-electron chi connectivity index (χ4n) is 2.96. The molecule has 19 heavy (non-hydrogen) atoms. The molecular formula is C17H27NO. The van der Waals surface area contributed by atoms with Crippen LogP contribution in [0.2, 0.25) is 0 Å². The van der Waals surface area contributed by atoms with Gasteiger partial charge in [0.25, 0.3) is 0 Å². The van der Waals surface area contributed by atoms with Gasteiger partial charge in [0.15, 0.2) is 0 Å². The Bertz CT molecular complexity index is 396. The maximum absolute atomic E-state index is 6.05. The molecule has 1 heterocycles. The van der Waals surface area contributed by atoms with Gasteiger partial charge >= 0.3 is 0 Å². The molecule has 1 aromatic rings. The van der Waals surface area contributed by atoms with E-state index in [4.69, 9.17) is 4.74 Å². The monoisotopic (exact) mass is 261 g/mol. The summed E-state index contributed by atoms with van der Waals surface area (Å²) in [5.41, 5.74) is 2.82. The molecule has 0 aromatic heterocycles. The molecule has 1 N–H and O–H groups in total. The SMILES string of the molecule is CCCNC(Cc1ccccc1C)C1(C)CCCO1. The molecule has 1 saturated heterocycles. The summed E-state index contributed by atoms with van der Waals surface area (Å²) in [7, 11) is 0. The molecule has 0 spiro atoms. The molecule has 2 rings (SSSR count). The van der Waals surface area contributed by atoms with Gasteiger partial charge in [-0.25, -0.2) is 0 Å². The molecule has 2 atom stereocenters. The Labute approximate surface area is 117 Å². The molecule has 106 valence electrons. The van der Waals surface area contributed by atoms with Crippen molar-refractivity contribution in [2.75, 3.05) is 13.2 Å². The van der Waals surface area contributed by atoms with Crippen molar-refractivity contribution in [3.05, 3.63) is 35.4 Å². The molecule has 1 aliphatic rings. The van der Waals surface area contributed by atoms with Crippen LogP contribution in [-0.4, -0.2) is 24.8 Å². The molecule has 1 fully saturated rings. The van der Waals surface area contributed by atoms with E-state index in [1.807, 2.05) is 0 Å². The average molecular weight is 261 g/mol. The summed E-state index contributed by atoms with van der Waals surface area (Å²) in [5.74, 6) is 0. The van der Waals surface area contributed by atoms with E-state index in [1.54, 1.807) is 0 Å². The average Bonchev–Trinajstić information content (AvgIpc) is 2.84. The number of hydrogen-bond donors (Lipinski definition) is 1. The van der Waals surface area contributed by atoms with Crippen molar-refractivity contribution in [1.82, 2.24) is 5.32 Å². The van der Waals surface area contributed by atoms with Crippen LogP contribution in [0, 0.1) is 6.92 Å². The fourth-order valence-corrected chi connectivity index (χ4v) is 2.96. The highest BCUT2D eigenvalue weighted by Gasteiger charge is 2.38. The number of nitrogens with one attached hydrogen (secondary N) is 1. The predicted octanol–water partition coefficient (Wildman–Crippen LogP) is 3.47. The van der Waals surface area contributed by atoms with Crippen LogP contribution >= 0.6 is 0 Å². The van der Waals surface area contributed by atoms with Crippen molar-refractivity contribution in [1.29, 1.82) is 0 Å². The lowest BCUT2D eigenvalue weighted by molar-refractivity contribution is -0.0114. The van der Waals surface area contributed by atoms with E-state index in [9.17, 15) is 0 Å². The van der Waals surface area contributed by atoms with Gasteiger partial charge in [0.2, 0.25) is 0 Å². The van der Waals surface area contributed by atoms with Gasteiger partial charge in [0.1, 0.15) is 0 Å². The third kappa shape index (κ3) is 3.58. The summed E-state index contributed by atoms with van der Waals surface area (Å²) in [6.07, 6.45) is 4.58. The molecule has 1 aliphatic heterocycles. The van der Waals surface area contributed by atoms with Crippen LogP contribution in [0.15, 0.2) is 24.3 Å². The topological polar surface area (TPSA) is 21.3 Å². The van der Waals surface area contributed by atoms with Gasteiger partial charge in [-0.05, 0) is 57.2 Å². The molecule has 0 bridgehead atoms. The first-order valence-corrected chi connectivity index (χ1v) is 7.57.